The summed E-state index contributed by atoms with van der Waals surface area (Å²) in [5, 5.41) is 9.80. The fourth-order valence-corrected chi connectivity index (χ4v) is 4.54. The monoisotopic (exact) mass is 490 g/mol. The minimum Gasteiger partial charge on any atom is -0.490 e. The van der Waals surface area contributed by atoms with Crippen LogP contribution in [-0.2, 0) is 14.3 Å². The van der Waals surface area contributed by atoms with Crippen LogP contribution in [0.3, 0.4) is 0 Å². The van der Waals surface area contributed by atoms with Crippen molar-refractivity contribution in [1.29, 1.82) is 5.26 Å². The molecular weight excluding hydrogens is 464 g/mol. The molecule has 3 rings (SSSR count). The van der Waals surface area contributed by atoms with E-state index in [4.69, 9.17) is 24.7 Å². The number of hydrogen-bond acceptors (Lipinski definition) is 7. The number of nitrogens with two attached hydrogens (primary N) is 1. The fraction of sp³-hybridized carbons (Fsp3) is 0.478. The van der Waals surface area contributed by atoms with Gasteiger partial charge in [-0.3, -0.25) is 0 Å². The number of rotatable bonds is 7. The van der Waals surface area contributed by atoms with Crippen molar-refractivity contribution in [1.82, 2.24) is 0 Å². The molecule has 1 heterocycles. The molecule has 2 N–H and O–H groups in total. The highest BCUT2D eigenvalue weighted by Gasteiger charge is 2.38. The van der Waals surface area contributed by atoms with Gasteiger partial charge in [0, 0.05) is 4.47 Å². The first-order valence-corrected chi connectivity index (χ1v) is 11.3. The number of nitrogens with zero attached hydrogens (tertiary/aromatic N) is 1. The van der Waals surface area contributed by atoms with E-state index in [0.29, 0.717) is 33.9 Å². The van der Waals surface area contributed by atoms with Gasteiger partial charge < -0.3 is 24.7 Å². The van der Waals surface area contributed by atoms with Crippen LogP contribution >= 0.6 is 15.9 Å². The summed E-state index contributed by atoms with van der Waals surface area (Å²) in [6, 6.07) is 5.72. The maximum Gasteiger partial charge on any atom is 0.338 e. The summed E-state index contributed by atoms with van der Waals surface area (Å²) in [6.45, 7) is 5.89. The molecule has 8 heteroatoms. The molecule has 0 saturated heterocycles. The van der Waals surface area contributed by atoms with Gasteiger partial charge in [-0.05, 0) is 64.2 Å². The highest BCUT2D eigenvalue weighted by molar-refractivity contribution is 9.10. The van der Waals surface area contributed by atoms with Gasteiger partial charge in [-0.2, -0.15) is 5.26 Å². The fourth-order valence-electron chi connectivity index (χ4n) is 3.98. The summed E-state index contributed by atoms with van der Waals surface area (Å²) < 4.78 is 23.5. The zero-order valence-corrected chi connectivity index (χ0v) is 19.6. The smallest absolute Gasteiger partial charge is 0.338 e. The molecule has 2 aliphatic rings. The van der Waals surface area contributed by atoms with Crippen LogP contribution < -0.4 is 15.2 Å². The zero-order chi connectivity index (χ0) is 22.5. The first-order valence-electron chi connectivity index (χ1n) is 10.5. The molecule has 0 amide bonds. The van der Waals surface area contributed by atoms with E-state index < -0.39 is 11.9 Å². The minimum atomic E-state index is -0.757. The minimum absolute atomic E-state index is 0.0332. The summed E-state index contributed by atoms with van der Waals surface area (Å²) in [4.78, 5) is 12.8. The molecule has 1 aliphatic heterocycles. The highest BCUT2D eigenvalue weighted by atomic mass is 79.9. The van der Waals surface area contributed by atoms with Gasteiger partial charge in [0.25, 0.3) is 0 Å². The van der Waals surface area contributed by atoms with Crippen molar-refractivity contribution in [2.24, 2.45) is 5.73 Å². The molecule has 1 aliphatic carbocycles. The highest BCUT2D eigenvalue weighted by Crippen LogP contribution is 2.46. The van der Waals surface area contributed by atoms with Crippen molar-refractivity contribution >= 4 is 21.9 Å². The van der Waals surface area contributed by atoms with Gasteiger partial charge >= 0.3 is 5.97 Å². The summed E-state index contributed by atoms with van der Waals surface area (Å²) in [5.74, 6) is 0.139. The molecule has 31 heavy (non-hydrogen) atoms. The number of hydrogen-bond donors (Lipinski definition) is 1. The van der Waals surface area contributed by atoms with Crippen LogP contribution in [0.1, 0.15) is 57.9 Å². The Hall–Kier alpha value is -2.66. The Morgan fingerprint density at radius 1 is 1.26 bits per heavy atom. The second-order valence-corrected chi connectivity index (χ2v) is 8.25. The predicted molar refractivity (Wildman–Crippen MR) is 118 cm³/mol. The SMILES string of the molecule is CCOC(=O)C1=C(C)OC(N)=C(C#N)C1c1cc(OCC)c(OC2CCCC2)cc1Br. The third kappa shape index (κ3) is 4.82. The molecule has 1 unspecified atom stereocenters. The van der Waals surface area contributed by atoms with Gasteiger partial charge in [-0.25, -0.2) is 4.79 Å². The molecule has 1 atom stereocenters. The molecular formula is C23H27BrN2O5. The third-order valence-corrected chi connectivity index (χ3v) is 6.06. The number of benzene rings is 1. The maximum absolute atomic E-state index is 12.8. The topological polar surface area (TPSA) is 104 Å². The van der Waals surface area contributed by atoms with Crippen molar-refractivity contribution in [3.8, 4) is 17.6 Å². The molecule has 1 saturated carbocycles. The second-order valence-electron chi connectivity index (χ2n) is 7.39. The van der Waals surface area contributed by atoms with Crippen LogP contribution in [0.15, 0.2) is 39.4 Å². The number of esters is 1. The second kappa shape index (κ2) is 10.1. The van der Waals surface area contributed by atoms with E-state index in [2.05, 4.69) is 22.0 Å². The number of carbonyl (C=O) groups is 1. The molecule has 1 aromatic carbocycles. The number of allylic oxidation sites excluding steroid dienone is 2. The van der Waals surface area contributed by atoms with E-state index in [-0.39, 0.29) is 29.7 Å². The summed E-state index contributed by atoms with van der Waals surface area (Å²) >= 11 is 3.61. The van der Waals surface area contributed by atoms with Gasteiger partial charge in [0.2, 0.25) is 5.88 Å². The number of nitriles is 1. The normalized spacial score (nSPS) is 19.1. The van der Waals surface area contributed by atoms with E-state index in [1.54, 1.807) is 19.9 Å². The van der Waals surface area contributed by atoms with Crippen LogP contribution in [-0.4, -0.2) is 25.3 Å². The first-order chi connectivity index (χ1) is 14.9. The van der Waals surface area contributed by atoms with Gasteiger partial charge in [0.05, 0.1) is 30.8 Å². The number of ether oxygens (including phenoxy) is 4. The lowest BCUT2D eigenvalue weighted by atomic mass is 9.83. The molecule has 1 fully saturated rings. The van der Waals surface area contributed by atoms with Crippen molar-refractivity contribution in [3.63, 3.8) is 0 Å². The van der Waals surface area contributed by atoms with Crippen molar-refractivity contribution in [2.75, 3.05) is 13.2 Å². The number of halogens is 1. The number of carbonyl (C=O) groups excluding carboxylic acids is 1. The Morgan fingerprint density at radius 3 is 2.58 bits per heavy atom. The third-order valence-electron chi connectivity index (χ3n) is 5.37. The lowest BCUT2D eigenvalue weighted by Crippen LogP contribution is -2.26. The lowest BCUT2D eigenvalue weighted by Gasteiger charge is -2.28. The Balaban J connectivity index is 2.12. The maximum atomic E-state index is 12.8. The van der Waals surface area contributed by atoms with Gasteiger partial charge in [0.1, 0.15) is 17.4 Å². The Bertz CT molecular complexity index is 957. The van der Waals surface area contributed by atoms with Gasteiger partial charge in [-0.15, -0.1) is 0 Å². The van der Waals surface area contributed by atoms with E-state index in [0.717, 1.165) is 25.7 Å². The average molecular weight is 491 g/mol. The zero-order valence-electron chi connectivity index (χ0n) is 18.0. The van der Waals surface area contributed by atoms with Crippen LogP contribution in [0.2, 0.25) is 0 Å². The van der Waals surface area contributed by atoms with Crippen molar-refractivity contribution < 1.29 is 23.7 Å². The Labute approximate surface area is 190 Å². The molecule has 0 radical (unpaired) electrons. The molecule has 1 aromatic rings. The summed E-state index contributed by atoms with van der Waals surface area (Å²) in [6.07, 6.45) is 4.48. The van der Waals surface area contributed by atoms with Crippen LogP contribution in [0.5, 0.6) is 11.5 Å². The quantitative estimate of drug-likeness (QED) is 0.546. The molecule has 166 valence electrons. The van der Waals surface area contributed by atoms with E-state index >= 15 is 0 Å². The largest absolute Gasteiger partial charge is 0.490 e. The molecule has 0 bridgehead atoms. The Kier molecular flexibility index (Phi) is 7.50. The van der Waals surface area contributed by atoms with Gasteiger partial charge in [0.15, 0.2) is 11.5 Å². The summed E-state index contributed by atoms with van der Waals surface area (Å²) in [7, 11) is 0. The summed E-state index contributed by atoms with van der Waals surface area (Å²) in [5.41, 5.74) is 7.03. The van der Waals surface area contributed by atoms with Crippen LogP contribution in [0, 0.1) is 11.3 Å². The van der Waals surface area contributed by atoms with Crippen molar-refractivity contribution in [2.45, 2.75) is 58.5 Å². The first kappa shape index (κ1) is 23.0. The molecule has 0 aromatic heterocycles. The average Bonchev–Trinajstić information content (AvgIpc) is 3.23. The van der Waals surface area contributed by atoms with Crippen LogP contribution in [0.4, 0.5) is 0 Å². The van der Waals surface area contributed by atoms with E-state index in [9.17, 15) is 10.1 Å². The molecule has 0 spiro atoms. The standard InChI is InChI=1S/C23H27BrN2O5/c1-4-28-18-10-15(17(24)11-19(18)31-14-8-6-7-9-14)21-16(12-25)22(26)30-13(3)20(21)23(27)29-5-2/h10-11,14,21H,4-9,26H2,1-3H3. The lowest BCUT2D eigenvalue weighted by molar-refractivity contribution is -0.139. The van der Waals surface area contributed by atoms with E-state index in [1.165, 1.54) is 0 Å². The van der Waals surface area contributed by atoms with Crippen molar-refractivity contribution in [3.05, 3.63) is 45.0 Å². The van der Waals surface area contributed by atoms with Crippen LogP contribution in [0.25, 0.3) is 0 Å². The Morgan fingerprint density at radius 2 is 1.97 bits per heavy atom. The predicted octanol–water partition coefficient (Wildman–Crippen LogP) is 4.81. The van der Waals surface area contributed by atoms with E-state index in [1.807, 2.05) is 13.0 Å². The van der Waals surface area contributed by atoms with Gasteiger partial charge in [-0.1, -0.05) is 15.9 Å². The molecule has 7 nitrogen and oxygen atoms in total.